The third kappa shape index (κ3) is 4.19. The fourth-order valence-electron chi connectivity index (χ4n) is 2.77. The Kier molecular flexibility index (Phi) is 6.65. The first kappa shape index (κ1) is 20.7. The first-order chi connectivity index (χ1) is 13.5. The summed E-state index contributed by atoms with van der Waals surface area (Å²) in [6, 6.07) is 12.4. The van der Waals surface area contributed by atoms with Crippen molar-refractivity contribution in [2.24, 2.45) is 0 Å². The summed E-state index contributed by atoms with van der Waals surface area (Å²) in [5.41, 5.74) is 0.976. The highest BCUT2D eigenvalue weighted by molar-refractivity contribution is 8.00. The van der Waals surface area contributed by atoms with Crippen molar-refractivity contribution in [1.82, 2.24) is 9.55 Å². The standard InChI is InChI=1S/C20H18Cl2N2O3S/c1-3-24-18(25)13-10-14(21)15(22)11-16(13)23-20(24)28-17(19(26)27-4-2)12-8-6-5-7-9-12/h5-11,17H,3-4H2,1-2H3. The van der Waals surface area contributed by atoms with Crippen LogP contribution in [0.15, 0.2) is 52.4 Å². The summed E-state index contributed by atoms with van der Waals surface area (Å²) < 4.78 is 6.76. The van der Waals surface area contributed by atoms with Gasteiger partial charge in [0.2, 0.25) is 0 Å². The maximum absolute atomic E-state index is 12.9. The van der Waals surface area contributed by atoms with Gasteiger partial charge in [-0.3, -0.25) is 14.2 Å². The van der Waals surface area contributed by atoms with Crippen molar-refractivity contribution in [3.8, 4) is 0 Å². The smallest absolute Gasteiger partial charge is 0.324 e. The van der Waals surface area contributed by atoms with Gasteiger partial charge >= 0.3 is 5.97 Å². The fourth-order valence-corrected chi connectivity index (χ4v) is 4.25. The van der Waals surface area contributed by atoms with Crippen LogP contribution in [0.5, 0.6) is 0 Å². The van der Waals surface area contributed by atoms with Crippen molar-refractivity contribution in [2.45, 2.75) is 30.8 Å². The molecule has 146 valence electrons. The Hall–Kier alpha value is -2.02. The number of halogens is 2. The first-order valence-electron chi connectivity index (χ1n) is 8.74. The van der Waals surface area contributed by atoms with Gasteiger partial charge in [-0.15, -0.1) is 0 Å². The van der Waals surface area contributed by atoms with Crippen molar-refractivity contribution < 1.29 is 9.53 Å². The molecule has 0 spiro atoms. The SMILES string of the molecule is CCOC(=O)C(Sc1nc2cc(Cl)c(Cl)cc2c(=O)n1CC)c1ccccc1. The lowest BCUT2D eigenvalue weighted by Crippen LogP contribution is -2.24. The molecule has 0 radical (unpaired) electrons. The molecule has 3 aromatic rings. The normalized spacial score (nSPS) is 12.1. The summed E-state index contributed by atoms with van der Waals surface area (Å²) >= 11 is 13.3. The molecule has 0 saturated heterocycles. The van der Waals surface area contributed by atoms with Crippen molar-refractivity contribution in [1.29, 1.82) is 0 Å². The van der Waals surface area contributed by atoms with Crippen LogP contribution in [-0.2, 0) is 16.1 Å². The Labute approximate surface area is 176 Å². The second-order valence-corrected chi connectivity index (χ2v) is 7.77. The minimum Gasteiger partial charge on any atom is -0.465 e. The average molecular weight is 437 g/mol. The van der Waals surface area contributed by atoms with Gasteiger partial charge in [0.05, 0.1) is 27.6 Å². The third-order valence-electron chi connectivity index (χ3n) is 4.10. The maximum Gasteiger partial charge on any atom is 0.324 e. The Morgan fingerprint density at radius 3 is 2.50 bits per heavy atom. The number of ether oxygens (including phenoxy) is 1. The van der Waals surface area contributed by atoms with Crippen LogP contribution in [0.2, 0.25) is 10.0 Å². The highest BCUT2D eigenvalue weighted by Crippen LogP contribution is 2.36. The van der Waals surface area contributed by atoms with E-state index in [4.69, 9.17) is 27.9 Å². The average Bonchev–Trinajstić information content (AvgIpc) is 2.69. The van der Waals surface area contributed by atoms with Crippen molar-refractivity contribution in [3.63, 3.8) is 0 Å². The lowest BCUT2D eigenvalue weighted by atomic mass is 10.1. The minimum absolute atomic E-state index is 0.232. The second-order valence-electron chi connectivity index (χ2n) is 5.89. The van der Waals surface area contributed by atoms with Crippen molar-refractivity contribution in [2.75, 3.05) is 6.61 Å². The predicted molar refractivity (Wildman–Crippen MR) is 113 cm³/mol. The van der Waals surface area contributed by atoms with Crippen molar-refractivity contribution in [3.05, 3.63) is 68.4 Å². The van der Waals surface area contributed by atoms with Crippen molar-refractivity contribution >= 4 is 51.8 Å². The largest absolute Gasteiger partial charge is 0.465 e. The Morgan fingerprint density at radius 2 is 1.86 bits per heavy atom. The van der Waals surface area contributed by atoms with Gasteiger partial charge in [-0.05, 0) is 31.5 Å². The van der Waals surface area contributed by atoms with Crippen LogP contribution >= 0.6 is 35.0 Å². The van der Waals surface area contributed by atoms with E-state index in [9.17, 15) is 9.59 Å². The molecule has 2 aromatic carbocycles. The summed E-state index contributed by atoms with van der Waals surface area (Å²) in [7, 11) is 0. The van der Waals surface area contributed by atoms with Crippen LogP contribution in [0.3, 0.4) is 0 Å². The zero-order chi connectivity index (χ0) is 20.3. The number of fused-ring (bicyclic) bond motifs is 1. The highest BCUT2D eigenvalue weighted by Gasteiger charge is 2.26. The highest BCUT2D eigenvalue weighted by atomic mass is 35.5. The maximum atomic E-state index is 12.9. The van der Waals surface area contributed by atoms with Crippen LogP contribution in [0.4, 0.5) is 0 Å². The van der Waals surface area contributed by atoms with Crippen LogP contribution in [-0.4, -0.2) is 22.1 Å². The zero-order valence-electron chi connectivity index (χ0n) is 15.3. The number of thioether (sulfide) groups is 1. The Morgan fingerprint density at radius 1 is 1.18 bits per heavy atom. The lowest BCUT2D eigenvalue weighted by molar-refractivity contribution is -0.142. The summed E-state index contributed by atoms with van der Waals surface area (Å²) in [5.74, 6) is -0.384. The number of hydrogen-bond acceptors (Lipinski definition) is 5. The molecule has 0 fully saturated rings. The molecule has 0 amide bonds. The number of esters is 1. The van der Waals surface area contributed by atoms with Gasteiger partial charge in [0, 0.05) is 6.54 Å². The van der Waals surface area contributed by atoms with E-state index in [1.165, 1.54) is 22.4 Å². The molecular formula is C20H18Cl2N2O3S. The number of aromatic nitrogens is 2. The van der Waals surface area contributed by atoms with E-state index in [1.807, 2.05) is 37.3 Å². The predicted octanol–water partition coefficient (Wildman–Crippen LogP) is 5.12. The first-order valence-corrected chi connectivity index (χ1v) is 10.4. The number of hydrogen-bond donors (Lipinski definition) is 0. The van der Waals surface area contributed by atoms with Crippen LogP contribution < -0.4 is 5.56 Å². The van der Waals surface area contributed by atoms with E-state index in [1.54, 1.807) is 13.0 Å². The molecule has 1 atom stereocenters. The molecule has 8 heteroatoms. The number of benzene rings is 2. The third-order valence-corrected chi connectivity index (χ3v) is 6.05. The van der Waals surface area contributed by atoms with Gasteiger partial charge in [0.15, 0.2) is 5.16 Å². The second kappa shape index (κ2) is 8.99. The number of carbonyl (C=O) groups excluding carboxylic acids is 1. The summed E-state index contributed by atoms with van der Waals surface area (Å²) in [4.78, 5) is 30.1. The van der Waals surface area contributed by atoms with E-state index in [-0.39, 0.29) is 18.1 Å². The molecule has 1 unspecified atom stereocenters. The molecule has 0 aliphatic heterocycles. The zero-order valence-corrected chi connectivity index (χ0v) is 17.6. The molecule has 0 bridgehead atoms. The molecule has 0 aliphatic rings. The van der Waals surface area contributed by atoms with Gasteiger partial charge in [0.1, 0.15) is 5.25 Å². The van der Waals surface area contributed by atoms with E-state index in [0.29, 0.717) is 32.6 Å². The molecule has 3 rings (SSSR count). The Bertz CT molecular complexity index is 1070. The van der Waals surface area contributed by atoms with Gasteiger partial charge in [-0.1, -0.05) is 65.3 Å². The van der Waals surface area contributed by atoms with Gasteiger partial charge in [-0.25, -0.2) is 4.98 Å². The number of nitrogens with zero attached hydrogens (tertiary/aromatic N) is 2. The Balaban J connectivity index is 2.13. The molecule has 1 heterocycles. The van der Waals surface area contributed by atoms with Crippen LogP contribution in [0, 0.1) is 0 Å². The summed E-state index contributed by atoms with van der Waals surface area (Å²) in [6.07, 6.45) is 0. The number of rotatable bonds is 6. The summed E-state index contributed by atoms with van der Waals surface area (Å²) in [6.45, 7) is 4.27. The minimum atomic E-state index is -0.647. The number of carbonyl (C=O) groups is 1. The van der Waals surface area contributed by atoms with E-state index in [0.717, 1.165) is 5.56 Å². The monoisotopic (exact) mass is 436 g/mol. The van der Waals surface area contributed by atoms with Gasteiger partial charge in [-0.2, -0.15) is 0 Å². The molecule has 28 heavy (non-hydrogen) atoms. The topological polar surface area (TPSA) is 61.2 Å². The molecular weight excluding hydrogens is 419 g/mol. The molecule has 0 saturated carbocycles. The van der Waals surface area contributed by atoms with Crippen LogP contribution in [0.25, 0.3) is 10.9 Å². The van der Waals surface area contributed by atoms with Gasteiger partial charge in [0.25, 0.3) is 5.56 Å². The molecule has 5 nitrogen and oxygen atoms in total. The van der Waals surface area contributed by atoms with E-state index < -0.39 is 5.25 Å². The molecule has 0 N–H and O–H groups in total. The molecule has 0 aliphatic carbocycles. The quantitative estimate of drug-likeness (QED) is 0.304. The van der Waals surface area contributed by atoms with E-state index >= 15 is 0 Å². The lowest BCUT2D eigenvalue weighted by Gasteiger charge is -2.18. The summed E-state index contributed by atoms with van der Waals surface area (Å²) in [5, 5.41) is 0.764. The van der Waals surface area contributed by atoms with E-state index in [2.05, 4.69) is 4.98 Å². The fraction of sp³-hybridized carbons (Fsp3) is 0.250. The van der Waals surface area contributed by atoms with Gasteiger partial charge < -0.3 is 4.74 Å². The molecule has 1 aromatic heterocycles. The van der Waals surface area contributed by atoms with Crippen LogP contribution in [0.1, 0.15) is 24.7 Å².